The lowest BCUT2D eigenvalue weighted by molar-refractivity contribution is -0.385. The van der Waals surface area contributed by atoms with Crippen LogP contribution >= 0.6 is 15.9 Å². The van der Waals surface area contributed by atoms with Crippen molar-refractivity contribution in [3.63, 3.8) is 0 Å². The number of non-ortho nitro benzene ring substituents is 1. The summed E-state index contributed by atoms with van der Waals surface area (Å²) in [5.41, 5.74) is -0.229. The molecular weight excluding hydrogens is 312 g/mol. The Kier molecular flexibility index (Phi) is 3.19. The van der Waals surface area contributed by atoms with Crippen molar-refractivity contribution in [1.82, 2.24) is 4.31 Å². The van der Waals surface area contributed by atoms with Crippen LogP contribution in [0.2, 0.25) is 0 Å². The minimum absolute atomic E-state index is 0.0496. The summed E-state index contributed by atoms with van der Waals surface area (Å²) in [5.74, 6) is 0. The first-order valence-electron chi connectivity index (χ1n) is 4.87. The van der Waals surface area contributed by atoms with Gasteiger partial charge in [0.25, 0.3) is 5.69 Å². The lowest BCUT2D eigenvalue weighted by Gasteiger charge is -2.29. The maximum absolute atomic E-state index is 12.1. The summed E-state index contributed by atoms with van der Waals surface area (Å²) in [7, 11) is -3.61. The molecular formula is C9H9BrN2O4S. The van der Waals surface area contributed by atoms with Crippen molar-refractivity contribution in [3.05, 3.63) is 32.8 Å². The highest BCUT2D eigenvalue weighted by molar-refractivity contribution is 9.10. The van der Waals surface area contributed by atoms with Gasteiger partial charge in [0.15, 0.2) is 0 Å². The molecule has 0 saturated carbocycles. The van der Waals surface area contributed by atoms with Crippen molar-refractivity contribution in [2.45, 2.75) is 11.3 Å². The van der Waals surface area contributed by atoms with Crippen molar-refractivity contribution in [2.75, 3.05) is 13.1 Å². The standard InChI is InChI=1S/C9H9BrN2O4S/c10-8-3-2-7(12(13)14)6-9(8)17(15,16)11-4-1-5-11/h2-3,6H,1,4-5H2. The third-order valence-electron chi connectivity index (χ3n) is 2.56. The summed E-state index contributed by atoms with van der Waals surface area (Å²) in [6.07, 6.45) is 0.825. The van der Waals surface area contributed by atoms with E-state index < -0.39 is 14.9 Å². The van der Waals surface area contributed by atoms with Gasteiger partial charge in [0.2, 0.25) is 10.0 Å². The largest absolute Gasteiger partial charge is 0.270 e. The maximum Gasteiger partial charge on any atom is 0.270 e. The average Bonchev–Trinajstić information content (AvgIpc) is 2.13. The van der Waals surface area contributed by atoms with Crippen LogP contribution < -0.4 is 0 Å². The minimum Gasteiger partial charge on any atom is -0.258 e. The van der Waals surface area contributed by atoms with Crippen molar-refractivity contribution in [3.8, 4) is 0 Å². The second-order valence-electron chi connectivity index (χ2n) is 3.63. The molecule has 2 rings (SSSR count). The van der Waals surface area contributed by atoms with E-state index in [0.29, 0.717) is 17.6 Å². The second kappa shape index (κ2) is 4.35. The molecule has 0 aromatic heterocycles. The fraction of sp³-hybridized carbons (Fsp3) is 0.333. The Morgan fingerprint density at radius 3 is 2.47 bits per heavy atom. The minimum atomic E-state index is -3.61. The fourth-order valence-corrected chi connectivity index (χ4v) is 3.93. The second-order valence-corrected chi connectivity index (χ2v) is 6.39. The Balaban J connectivity index is 2.50. The van der Waals surface area contributed by atoms with E-state index >= 15 is 0 Å². The van der Waals surface area contributed by atoms with Gasteiger partial charge in [-0.25, -0.2) is 8.42 Å². The number of sulfonamides is 1. The van der Waals surface area contributed by atoms with E-state index in [2.05, 4.69) is 15.9 Å². The number of hydrogen-bond donors (Lipinski definition) is 0. The van der Waals surface area contributed by atoms with Gasteiger partial charge in [0.1, 0.15) is 4.90 Å². The van der Waals surface area contributed by atoms with Crippen LogP contribution in [0.5, 0.6) is 0 Å². The van der Waals surface area contributed by atoms with Crippen LogP contribution in [0.4, 0.5) is 5.69 Å². The molecule has 1 saturated heterocycles. The average molecular weight is 321 g/mol. The number of benzene rings is 1. The van der Waals surface area contributed by atoms with Crippen LogP contribution in [0.1, 0.15) is 6.42 Å². The predicted molar refractivity (Wildman–Crippen MR) is 64.2 cm³/mol. The molecule has 1 aromatic carbocycles. The lowest BCUT2D eigenvalue weighted by Crippen LogP contribution is -2.42. The highest BCUT2D eigenvalue weighted by Crippen LogP contribution is 2.30. The Bertz CT molecular complexity index is 568. The topological polar surface area (TPSA) is 80.5 Å². The Hall–Kier alpha value is -0.990. The van der Waals surface area contributed by atoms with E-state index in [1.54, 1.807) is 0 Å². The molecule has 1 aliphatic heterocycles. The lowest BCUT2D eigenvalue weighted by atomic mass is 10.3. The monoisotopic (exact) mass is 320 g/mol. The van der Waals surface area contributed by atoms with Crippen LogP contribution in [0.15, 0.2) is 27.6 Å². The molecule has 0 atom stereocenters. The zero-order valence-electron chi connectivity index (χ0n) is 8.67. The zero-order valence-corrected chi connectivity index (χ0v) is 11.1. The van der Waals surface area contributed by atoms with Gasteiger partial charge in [-0.2, -0.15) is 4.31 Å². The molecule has 1 fully saturated rings. The fourth-order valence-electron chi connectivity index (χ4n) is 1.47. The molecule has 0 aliphatic carbocycles. The molecule has 92 valence electrons. The predicted octanol–water partition coefficient (Wildman–Crippen LogP) is 1.75. The van der Waals surface area contributed by atoms with E-state index in [9.17, 15) is 18.5 Å². The van der Waals surface area contributed by atoms with Crippen molar-refractivity contribution < 1.29 is 13.3 Å². The van der Waals surface area contributed by atoms with Crippen molar-refractivity contribution in [2.24, 2.45) is 0 Å². The Morgan fingerprint density at radius 2 is 2.00 bits per heavy atom. The molecule has 17 heavy (non-hydrogen) atoms. The molecule has 0 bridgehead atoms. The van der Waals surface area contributed by atoms with Crippen LogP contribution in [0, 0.1) is 10.1 Å². The maximum atomic E-state index is 12.1. The van der Waals surface area contributed by atoms with Gasteiger partial charge in [-0.15, -0.1) is 0 Å². The molecule has 0 unspecified atom stereocenters. The van der Waals surface area contributed by atoms with Crippen LogP contribution in [-0.4, -0.2) is 30.7 Å². The number of nitro groups is 1. The number of hydrogen-bond acceptors (Lipinski definition) is 4. The van der Waals surface area contributed by atoms with Crippen LogP contribution in [0.25, 0.3) is 0 Å². The molecule has 0 amide bonds. The van der Waals surface area contributed by atoms with Crippen molar-refractivity contribution in [1.29, 1.82) is 0 Å². The van der Waals surface area contributed by atoms with E-state index in [1.807, 2.05) is 0 Å². The zero-order chi connectivity index (χ0) is 12.6. The van der Waals surface area contributed by atoms with E-state index in [-0.39, 0.29) is 10.6 Å². The number of rotatable bonds is 3. The SMILES string of the molecule is O=[N+]([O-])c1ccc(Br)c(S(=O)(=O)N2CCC2)c1. The van der Waals surface area contributed by atoms with Crippen LogP contribution in [0.3, 0.4) is 0 Å². The first-order valence-corrected chi connectivity index (χ1v) is 7.10. The molecule has 1 aromatic rings. The first kappa shape index (κ1) is 12.5. The van der Waals surface area contributed by atoms with Gasteiger partial charge in [0.05, 0.1) is 4.92 Å². The summed E-state index contributed by atoms with van der Waals surface area (Å²) in [4.78, 5) is 9.97. The smallest absolute Gasteiger partial charge is 0.258 e. The van der Waals surface area contributed by atoms with Gasteiger partial charge >= 0.3 is 0 Å². The molecule has 0 radical (unpaired) electrons. The van der Waals surface area contributed by atoms with E-state index in [4.69, 9.17) is 0 Å². The summed E-state index contributed by atoms with van der Waals surface area (Å²) in [5, 5.41) is 10.6. The number of nitro benzene ring substituents is 1. The molecule has 1 heterocycles. The van der Waals surface area contributed by atoms with E-state index in [0.717, 1.165) is 12.5 Å². The quantitative estimate of drug-likeness (QED) is 0.627. The van der Waals surface area contributed by atoms with E-state index in [1.165, 1.54) is 16.4 Å². The number of nitrogens with zero attached hydrogens (tertiary/aromatic N) is 2. The summed E-state index contributed by atoms with van der Waals surface area (Å²) in [6, 6.07) is 3.72. The molecule has 1 aliphatic rings. The summed E-state index contributed by atoms with van der Waals surface area (Å²) < 4.78 is 25.8. The van der Waals surface area contributed by atoms with Gasteiger partial charge in [0, 0.05) is 29.7 Å². The van der Waals surface area contributed by atoms with Gasteiger partial charge in [-0.05, 0) is 28.4 Å². The molecule has 0 N–H and O–H groups in total. The third-order valence-corrected chi connectivity index (χ3v) is 5.45. The first-order chi connectivity index (χ1) is 7.93. The molecule has 8 heteroatoms. The highest BCUT2D eigenvalue weighted by atomic mass is 79.9. The number of halogens is 1. The normalized spacial score (nSPS) is 16.5. The van der Waals surface area contributed by atoms with Gasteiger partial charge < -0.3 is 0 Å². The van der Waals surface area contributed by atoms with Gasteiger partial charge in [-0.3, -0.25) is 10.1 Å². The van der Waals surface area contributed by atoms with Gasteiger partial charge in [-0.1, -0.05) is 0 Å². The molecule has 6 nitrogen and oxygen atoms in total. The molecule has 0 spiro atoms. The third kappa shape index (κ3) is 2.20. The van der Waals surface area contributed by atoms with Crippen molar-refractivity contribution >= 4 is 31.6 Å². The Labute approximate surface area is 107 Å². The summed E-state index contributed by atoms with van der Waals surface area (Å²) in [6.45, 7) is 0.939. The Morgan fingerprint density at radius 1 is 1.35 bits per heavy atom. The van der Waals surface area contributed by atoms with Crippen LogP contribution in [-0.2, 0) is 10.0 Å². The summed E-state index contributed by atoms with van der Waals surface area (Å²) >= 11 is 3.11. The highest BCUT2D eigenvalue weighted by Gasteiger charge is 2.31.